The second kappa shape index (κ2) is 6.02. The van der Waals surface area contributed by atoms with Crippen LogP contribution in [0.3, 0.4) is 0 Å². The van der Waals surface area contributed by atoms with E-state index in [0.29, 0.717) is 0 Å². The molecule has 0 spiro atoms. The highest BCUT2D eigenvalue weighted by molar-refractivity contribution is 4.91. The summed E-state index contributed by atoms with van der Waals surface area (Å²) in [6, 6.07) is 2.28. The number of nitriles is 1. The van der Waals surface area contributed by atoms with Gasteiger partial charge in [0, 0.05) is 13.2 Å². The summed E-state index contributed by atoms with van der Waals surface area (Å²) in [5, 5.41) is 8.71. The number of hydrogen-bond donors (Lipinski definition) is 0. The molecule has 0 aliphatic rings. The van der Waals surface area contributed by atoms with E-state index in [0.717, 1.165) is 32.5 Å². The summed E-state index contributed by atoms with van der Waals surface area (Å²) in [6.45, 7) is 7.66. The molecule has 2 heteroatoms. The molecule has 0 amide bonds. The summed E-state index contributed by atoms with van der Waals surface area (Å²) in [4.78, 5) is 0. The summed E-state index contributed by atoms with van der Waals surface area (Å²) >= 11 is 0. The van der Waals surface area contributed by atoms with E-state index >= 15 is 0 Å². The molecule has 0 aliphatic carbocycles. The SMILES string of the molecule is CCCOCCCC(C)(C)C#N. The highest BCUT2D eigenvalue weighted by Gasteiger charge is 2.15. The van der Waals surface area contributed by atoms with E-state index < -0.39 is 0 Å². The van der Waals surface area contributed by atoms with Gasteiger partial charge in [-0.25, -0.2) is 0 Å². The smallest absolute Gasteiger partial charge is 0.0683 e. The Morgan fingerprint density at radius 3 is 2.50 bits per heavy atom. The van der Waals surface area contributed by atoms with Crippen molar-refractivity contribution in [2.75, 3.05) is 13.2 Å². The van der Waals surface area contributed by atoms with Crippen LogP contribution in [0.25, 0.3) is 0 Å². The van der Waals surface area contributed by atoms with Gasteiger partial charge in [-0.2, -0.15) is 5.26 Å². The van der Waals surface area contributed by atoms with Crippen LogP contribution in [-0.2, 0) is 4.74 Å². The molecule has 0 aromatic carbocycles. The van der Waals surface area contributed by atoms with Crippen molar-refractivity contribution < 1.29 is 4.74 Å². The van der Waals surface area contributed by atoms with E-state index in [1.165, 1.54) is 0 Å². The number of hydrogen-bond acceptors (Lipinski definition) is 2. The fourth-order valence-electron chi connectivity index (χ4n) is 0.918. The van der Waals surface area contributed by atoms with Crippen LogP contribution in [0.2, 0.25) is 0 Å². The van der Waals surface area contributed by atoms with E-state index in [9.17, 15) is 0 Å². The molecular formula is C10H19NO. The maximum atomic E-state index is 8.71. The van der Waals surface area contributed by atoms with Crippen LogP contribution in [-0.4, -0.2) is 13.2 Å². The van der Waals surface area contributed by atoms with E-state index in [1.54, 1.807) is 0 Å². The summed E-state index contributed by atoms with van der Waals surface area (Å²) in [6.07, 6.45) is 2.98. The second-order valence-electron chi connectivity index (χ2n) is 3.71. The summed E-state index contributed by atoms with van der Waals surface area (Å²) in [5.41, 5.74) is -0.185. The van der Waals surface area contributed by atoms with Gasteiger partial charge in [-0.05, 0) is 33.1 Å². The molecule has 0 aromatic heterocycles. The maximum absolute atomic E-state index is 8.71. The van der Waals surface area contributed by atoms with Crippen LogP contribution < -0.4 is 0 Å². The average Bonchev–Trinajstić information content (AvgIpc) is 2.04. The minimum absolute atomic E-state index is 0.185. The zero-order valence-electron chi connectivity index (χ0n) is 8.39. The Labute approximate surface area is 75.5 Å². The highest BCUT2D eigenvalue weighted by atomic mass is 16.5. The summed E-state index contributed by atoms with van der Waals surface area (Å²) in [7, 11) is 0. The van der Waals surface area contributed by atoms with Crippen LogP contribution >= 0.6 is 0 Å². The largest absolute Gasteiger partial charge is 0.381 e. The Bertz CT molecular complexity index is 146. The van der Waals surface area contributed by atoms with Gasteiger partial charge >= 0.3 is 0 Å². The van der Waals surface area contributed by atoms with Crippen molar-refractivity contribution in [1.82, 2.24) is 0 Å². The van der Waals surface area contributed by atoms with Crippen molar-refractivity contribution in [3.63, 3.8) is 0 Å². The molecule has 70 valence electrons. The Morgan fingerprint density at radius 1 is 1.33 bits per heavy atom. The molecule has 0 fully saturated rings. The fourth-order valence-corrected chi connectivity index (χ4v) is 0.918. The van der Waals surface area contributed by atoms with Gasteiger partial charge in [-0.1, -0.05) is 6.92 Å². The Kier molecular flexibility index (Phi) is 5.74. The van der Waals surface area contributed by atoms with Crippen LogP contribution in [0.1, 0.15) is 40.0 Å². The second-order valence-corrected chi connectivity index (χ2v) is 3.71. The van der Waals surface area contributed by atoms with Gasteiger partial charge in [0.05, 0.1) is 11.5 Å². The predicted molar refractivity (Wildman–Crippen MR) is 49.7 cm³/mol. The first-order valence-electron chi connectivity index (χ1n) is 4.61. The van der Waals surface area contributed by atoms with E-state index in [2.05, 4.69) is 13.0 Å². The zero-order chi connectivity index (χ0) is 9.45. The normalized spacial score (nSPS) is 11.2. The Morgan fingerprint density at radius 2 is 2.00 bits per heavy atom. The molecule has 0 N–H and O–H groups in total. The lowest BCUT2D eigenvalue weighted by Gasteiger charge is -2.14. The third-order valence-electron chi connectivity index (χ3n) is 1.74. The highest BCUT2D eigenvalue weighted by Crippen LogP contribution is 2.20. The minimum Gasteiger partial charge on any atom is -0.381 e. The van der Waals surface area contributed by atoms with Crippen LogP contribution in [0.15, 0.2) is 0 Å². The van der Waals surface area contributed by atoms with Gasteiger partial charge in [-0.15, -0.1) is 0 Å². The molecule has 0 aromatic rings. The third kappa shape index (κ3) is 6.18. The molecule has 0 heterocycles. The topological polar surface area (TPSA) is 33.0 Å². The van der Waals surface area contributed by atoms with Crippen molar-refractivity contribution in [3.8, 4) is 6.07 Å². The van der Waals surface area contributed by atoms with Gasteiger partial charge < -0.3 is 4.74 Å². The Hall–Kier alpha value is -0.550. The van der Waals surface area contributed by atoms with Gasteiger partial charge in [0.1, 0.15) is 0 Å². The molecule has 0 radical (unpaired) electrons. The van der Waals surface area contributed by atoms with Gasteiger partial charge in [-0.3, -0.25) is 0 Å². The van der Waals surface area contributed by atoms with Crippen molar-refractivity contribution in [2.24, 2.45) is 5.41 Å². The standard InChI is InChI=1S/C10H19NO/c1-4-7-12-8-5-6-10(2,3)9-11/h4-8H2,1-3H3. The zero-order valence-corrected chi connectivity index (χ0v) is 8.39. The number of rotatable bonds is 6. The first-order chi connectivity index (χ1) is 5.62. The molecule has 0 atom stereocenters. The van der Waals surface area contributed by atoms with Gasteiger partial charge in [0.2, 0.25) is 0 Å². The quantitative estimate of drug-likeness (QED) is 0.573. The lowest BCUT2D eigenvalue weighted by Crippen LogP contribution is -2.09. The van der Waals surface area contributed by atoms with Crippen molar-refractivity contribution in [3.05, 3.63) is 0 Å². The van der Waals surface area contributed by atoms with Gasteiger partial charge in [0.25, 0.3) is 0 Å². The summed E-state index contributed by atoms with van der Waals surface area (Å²) < 4.78 is 5.31. The molecular weight excluding hydrogens is 150 g/mol. The minimum atomic E-state index is -0.185. The van der Waals surface area contributed by atoms with Gasteiger partial charge in [0.15, 0.2) is 0 Å². The van der Waals surface area contributed by atoms with E-state index in [4.69, 9.17) is 10.00 Å². The Balaban J connectivity index is 3.27. The number of ether oxygens (including phenoxy) is 1. The molecule has 2 nitrogen and oxygen atoms in total. The van der Waals surface area contributed by atoms with Crippen molar-refractivity contribution >= 4 is 0 Å². The molecule has 0 saturated heterocycles. The monoisotopic (exact) mass is 169 g/mol. The van der Waals surface area contributed by atoms with Crippen LogP contribution in [0, 0.1) is 16.7 Å². The van der Waals surface area contributed by atoms with E-state index in [1.807, 2.05) is 13.8 Å². The average molecular weight is 169 g/mol. The summed E-state index contributed by atoms with van der Waals surface area (Å²) in [5.74, 6) is 0. The third-order valence-corrected chi connectivity index (χ3v) is 1.74. The first kappa shape index (κ1) is 11.4. The fraction of sp³-hybridized carbons (Fsp3) is 0.900. The van der Waals surface area contributed by atoms with Crippen LogP contribution in [0.4, 0.5) is 0 Å². The van der Waals surface area contributed by atoms with Crippen molar-refractivity contribution in [1.29, 1.82) is 5.26 Å². The molecule has 0 bridgehead atoms. The lowest BCUT2D eigenvalue weighted by atomic mass is 9.90. The van der Waals surface area contributed by atoms with E-state index in [-0.39, 0.29) is 5.41 Å². The number of nitrogens with zero attached hydrogens (tertiary/aromatic N) is 1. The van der Waals surface area contributed by atoms with Crippen molar-refractivity contribution in [2.45, 2.75) is 40.0 Å². The maximum Gasteiger partial charge on any atom is 0.0683 e. The van der Waals surface area contributed by atoms with Crippen LogP contribution in [0.5, 0.6) is 0 Å². The molecule has 12 heavy (non-hydrogen) atoms. The predicted octanol–water partition coefficient (Wildman–Crippen LogP) is 2.74. The molecule has 0 saturated carbocycles. The molecule has 0 aliphatic heterocycles. The lowest BCUT2D eigenvalue weighted by molar-refractivity contribution is 0.125. The first-order valence-corrected chi connectivity index (χ1v) is 4.61. The molecule has 0 unspecified atom stereocenters. The molecule has 0 rings (SSSR count).